The van der Waals surface area contributed by atoms with E-state index in [0.29, 0.717) is 5.88 Å². The summed E-state index contributed by atoms with van der Waals surface area (Å²) in [6.07, 6.45) is 3.82. The predicted octanol–water partition coefficient (Wildman–Crippen LogP) is 4.35. The van der Waals surface area contributed by atoms with Gasteiger partial charge >= 0.3 is 0 Å². The zero-order chi connectivity index (χ0) is 13.9. The first-order valence-corrected chi connectivity index (χ1v) is 7.79. The zero-order valence-electron chi connectivity index (χ0n) is 11.0. The van der Waals surface area contributed by atoms with Crippen LogP contribution in [-0.2, 0) is 5.88 Å². The molecule has 2 aromatic heterocycles. The first-order chi connectivity index (χ1) is 9.79. The van der Waals surface area contributed by atoms with Gasteiger partial charge in [0.05, 0.1) is 17.6 Å². The maximum atomic E-state index is 5.82. The molecule has 1 aromatic carbocycles. The van der Waals surface area contributed by atoms with E-state index in [1.165, 1.54) is 0 Å². The lowest BCUT2D eigenvalue weighted by molar-refractivity contribution is 0.639. The third kappa shape index (κ3) is 2.49. The number of hydrogen-bond donors (Lipinski definition) is 0. The summed E-state index contributed by atoms with van der Waals surface area (Å²) in [5.41, 5.74) is 2.04. The van der Waals surface area contributed by atoms with E-state index >= 15 is 0 Å². The van der Waals surface area contributed by atoms with Crippen LogP contribution >= 0.6 is 22.9 Å². The molecule has 0 bridgehead atoms. The van der Waals surface area contributed by atoms with E-state index in [-0.39, 0.29) is 6.04 Å². The fourth-order valence-electron chi connectivity index (χ4n) is 2.13. The van der Waals surface area contributed by atoms with Gasteiger partial charge in [0.25, 0.3) is 0 Å². The van der Waals surface area contributed by atoms with Crippen LogP contribution in [0.4, 0.5) is 0 Å². The molecule has 20 heavy (non-hydrogen) atoms. The van der Waals surface area contributed by atoms with Crippen LogP contribution in [-0.4, -0.2) is 14.5 Å². The van der Waals surface area contributed by atoms with Gasteiger partial charge in [-0.1, -0.05) is 30.3 Å². The van der Waals surface area contributed by atoms with Gasteiger partial charge in [-0.2, -0.15) is 0 Å². The summed E-state index contributed by atoms with van der Waals surface area (Å²) in [5, 5.41) is 3.06. The van der Waals surface area contributed by atoms with Gasteiger partial charge in [0.15, 0.2) is 0 Å². The molecule has 0 saturated heterocycles. The Labute approximate surface area is 126 Å². The van der Waals surface area contributed by atoms with Crippen molar-refractivity contribution in [1.29, 1.82) is 0 Å². The minimum atomic E-state index is 0.148. The number of alkyl halides is 1. The first-order valence-electron chi connectivity index (χ1n) is 6.38. The third-order valence-corrected chi connectivity index (χ3v) is 4.52. The molecule has 0 amide bonds. The van der Waals surface area contributed by atoms with Crippen molar-refractivity contribution >= 4 is 22.9 Å². The van der Waals surface area contributed by atoms with Gasteiger partial charge < -0.3 is 4.57 Å². The van der Waals surface area contributed by atoms with Crippen LogP contribution in [0.3, 0.4) is 0 Å². The van der Waals surface area contributed by atoms with Crippen LogP contribution in [0, 0.1) is 0 Å². The minimum Gasteiger partial charge on any atom is -0.321 e. The molecule has 0 saturated carbocycles. The van der Waals surface area contributed by atoms with Crippen LogP contribution < -0.4 is 0 Å². The second-order valence-corrected chi connectivity index (χ2v) is 5.67. The molecule has 0 N–H and O–H groups in total. The number of imidazole rings is 1. The van der Waals surface area contributed by atoms with Crippen LogP contribution in [0.1, 0.15) is 23.7 Å². The number of thiazole rings is 1. The normalized spacial score (nSPS) is 12.5. The lowest BCUT2D eigenvalue weighted by Crippen LogP contribution is -2.07. The van der Waals surface area contributed by atoms with Gasteiger partial charge in [0, 0.05) is 23.3 Å². The van der Waals surface area contributed by atoms with E-state index in [9.17, 15) is 0 Å². The number of halogens is 1. The highest BCUT2D eigenvalue weighted by Gasteiger charge is 2.16. The summed E-state index contributed by atoms with van der Waals surface area (Å²) in [4.78, 5) is 9.03. The maximum Gasteiger partial charge on any atom is 0.140 e. The quantitative estimate of drug-likeness (QED) is 0.671. The fourth-order valence-corrected chi connectivity index (χ4v) is 3.23. The van der Waals surface area contributed by atoms with Crippen molar-refractivity contribution in [2.45, 2.75) is 18.8 Å². The second-order valence-electron chi connectivity index (χ2n) is 4.51. The van der Waals surface area contributed by atoms with Gasteiger partial charge in [-0.15, -0.1) is 22.9 Å². The predicted molar refractivity (Wildman–Crippen MR) is 83.1 cm³/mol. The summed E-state index contributed by atoms with van der Waals surface area (Å²) in [6, 6.07) is 10.3. The van der Waals surface area contributed by atoms with Crippen LogP contribution in [0.2, 0.25) is 0 Å². The summed E-state index contributed by atoms with van der Waals surface area (Å²) in [5.74, 6) is 1.42. The highest BCUT2D eigenvalue weighted by atomic mass is 35.5. The summed E-state index contributed by atoms with van der Waals surface area (Å²) >= 11 is 7.46. The summed E-state index contributed by atoms with van der Waals surface area (Å²) < 4.78 is 2.15. The lowest BCUT2D eigenvalue weighted by atomic mass is 10.2. The van der Waals surface area contributed by atoms with Crippen molar-refractivity contribution in [3.8, 4) is 11.4 Å². The largest absolute Gasteiger partial charge is 0.321 e. The van der Waals surface area contributed by atoms with Crippen molar-refractivity contribution < 1.29 is 0 Å². The average Bonchev–Trinajstić information content (AvgIpc) is 3.16. The van der Waals surface area contributed by atoms with E-state index in [0.717, 1.165) is 22.1 Å². The molecule has 0 radical (unpaired) electrons. The molecule has 0 fully saturated rings. The smallest absolute Gasteiger partial charge is 0.140 e. The molecular formula is C15H14ClN3S. The highest BCUT2D eigenvalue weighted by Crippen LogP contribution is 2.27. The van der Waals surface area contributed by atoms with Crippen molar-refractivity contribution in [1.82, 2.24) is 14.5 Å². The average molecular weight is 304 g/mol. The van der Waals surface area contributed by atoms with Gasteiger partial charge in [-0.25, -0.2) is 9.97 Å². The van der Waals surface area contributed by atoms with Crippen LogP contribution in [0.5, 0.6) is 0 Å². The SMILES string of the molecule is CC(c1nc(CCl)cs1)n1ccnc1-c1ccccc1. The molecule has 1 atom stereocenters. The van der Waals surface area contributed by atoms with E-state index in [2.05, 4.69) is 33.6 Å². The maximum absolute atomic E-state index is 5.82. The molecule has 3 aromatic rings. The van der Waals surface area contributed by atoms with Crippen molar-refractivity contribution in [2.75, 3.05) is 0 Å². The standard InChI is InChI=1S/C15H14ClN3S/c1-11(15-18-13(9-16)10-20-15)19-8-7-17-14(19)12-5-3-2-4-6-12/h2-8,10-11H,9H2,1H3. The Kier molecular flexibility index (Phi) is 3.85. The molecule has 3 rings (SSSR count). The molecule has 5 heteroatoms. The monoisotopic (exact) mass is 303 g/mol. The Hall–Kier alpha value is -1.65. The minimum absolute atomic E-state index is 0.148. The van der Waals surface area contributed by atoms with Crippen LogP contribution in [0.25, 0.3) is 11.4 Å². The number of aromatic nitrogens is 3. The summed E-state index contributed by atoms with van der Waals surface area (Å²) in [6.45, 7) is 2.13. The Morgan fingerprint density at radius 2 is 2.10 bits per heavy atom. The number of benzene rings is 1. The molecule has 2 heterocycles. The van der Waals surface area contributed by atoms with Crippen LogP contribution in [0.15, 0.2) is 48.1 Å². The van der Waals surface area contributed by atoms with Gasteiger partial charge in [-0.05, 0) is 6.92 Å². The molecule has 0 aliphatic carbocycles. The molecule has 1 unspecified atom stereocenters. The number of rotatable bonds is 4. The van der Waals surface area contributed by atoms with Crippen molar-refractivity contribution in [2.24, 2.45) is 0 Å². The van der Waals surface area contributed by atoms with Gasteiger partial charge in [-0.3, -0.25) is 0 Å². The van der Waals surface area contributed by atoms with Gasteiger partial charge in [0.2, 0.25) is 0 Å². The second kappa shape index (κ2) is 5.77. The Bertz CT molecular complexity index is 690. The molecule has 0 aliphatic rings. The van der Waals surface area contributed by atoms with Crippen molar-refractivity contribution in [3.63, 3.8) is 0 Å². The Morgan fingerprint density at radius 3 is 2.80 bits per heavy atom. The molecule has 102 valence electrons. The zero-order valence-corrected chi connectivity index (χ0v) is 12.6. The molecular weight excluding hydrogens is 290 g/mol. The van der Waals surface area contributed by atoms with E-state index < -0.39 is 0 Å². The Morgan fingerprint density at radius 1 is 1.30 bits per heavy atom. The van der Waals surface area contributed by atoms with E-state index in [1.807, 2.05) is 36.0 Å². The lowest BCUT2D eigenvalue weighted by Gasteiger charge is -2.14. The first kappa shape index (κ1) is 13.3. The summed E-state index contributed by atoms with van der Waals surface area (Å²) in [7, 11) is 0. The van der Waals surface area contributed by atoms with Gasteiger partial charge in [0.1, 0.15) is 10.8 Å². The molecule has 0 aliphatic heterocycles. The number of nitrogens with zero attached hydrogens (tertiary/aromatic N) is 3. The molecule has 3 nitrogen and oxygen atoms in total. The number of hydrogen-bond acceptors (Lipinski definition) is 3. The van der Waals surface area contributed by atoms with E-state index in [4.69, 9.17) is 11.6 Å². The van der Waals surface area contributed by atoms with E-state index in [1.54, 1.807) is 11.3 Å². The third-order valence-electron chi connectivity index (χ3n) is 3.18. The topological polar surface area (TPSA) is 30.7 Å². The fraction of sp³-hybridized carbons (Fsp3) is 0.200. The molecule has 0 spiro atoms. The Balaban J connectivity index is 1.97. The highest BCUT2D eigenvalue weighted by molar-refractivity contribution is 7.09. The van der Waals surface area contributed by atoms with Crippen molar-refractivity contribution in [3.05, 3.63) is 58.8 Å².